The zero-order valence-corrected chi connectivity index (χ0v) is 13.0. The molecule has 0 radical (unpaired) electrons. The number of fused-ring (bicyclic) bond motifs is 1. The van der Waals surface area contributed by atoms with E-state index in [1.165, 1.54) is 4.90 Å². The van der Waals surface area contributed by atoms with Crippen LogP contribution in [0.5, 0.6) is 11.5 Å². The van der Waals surface area contributed by atoms with Crippen molar-refractivity contribution in [1.82, 2.24) is 4.90 Å². The van der Waals surface area contributed by atoms with Crippen molar-refractivity contribution in [2.24, 2.45) is 0 Å². The first-order valence-electron chi connectivity index (χ1n) is 7.37. The van der Waals surface area contributed by atoms with E-state index in [1.807, 2.05) is 32.0 Å². The highest BCUT2D eigenvalue weighted by Crippen LogP contribution is 2.38. The summed E-state index contributed by atoms with van der Waals surface area (Å²) in [5, 5.41) is 3.38. The predicted octanol–water partition coefficient (Wildman–Crippen LogP) is 1.80. The van der Waals surface area contributed by atoms with Crippen molar-refractivity contribution in [2.75, 3.05) is 19.0 Å². The third-order valence-corrected chi connectivity index (χ3v) is 4.25. The van der Waals surface area contributed by atoms with Gasteiger partial charge in [0.05, 0.1) is 25.4 Å². The number of carbonyl (C=O) groups is 2. The standard InChI is InChI=1S/C16H20N2O4/c1-16(2)13(9-18-14(19)6-7-15(18)20)17-11-8-10(21-3)4-5-12(11)22-16/h4-5,8,13,17H,6-7,9H2,1-3H3. The van der Waals surface area contributed by atoms with Gasteiger partial charge in [0.15, 0.2) is 0 Å². The first-order chi connectivity index (χ1) is 10.4. The lowest BCUT2D eigenvalue weighted by molar-refractivity contribution is -0.139. The van der Waals surface area contributed by atoms with Crippen molar-refractivity contribution < 1.29 is 19.1 Å². The molecular formula is C16H20N2O4. The Bertz CT molecular complexity index is 611. The summed E-state index contributed by atoms with van der Waals surface area (Å²) in [6.45, 7) is 4.20. The van der Waals surface area contributed by atoms with Crippen LogP contribution in [-0.4, -0.2) is 42.0 Å². The Hall–Kier alpha value is -2.24. The molecule has 1 saturated heterocycles. The van der Waals surface area contributed by atoms with E-state index in [0.717, 1.165) is 17.2 Å². The van der Waals surface area contributed by atoms with Crippen molar-refractivity contribution in [1.29, 1.82) is 0 Å². The molecule has 1 aromatic carbocycles. The summed E-state index contributed by atoms with van der Waals surface area (Å²) in [6, 6.07) is 5.36. The molecule has 2 aliphatic heterocycles. The van der Waals surface area contributed by atoms with Gasteiger partial charge < -0.3 is 14.8 Å². The molecule has 0 aromatic heterocycles. The third kappa shape index (κ3) is 2.49. The van der Waals surface area contributed by atoms with Crippen molar-refractivity contribution in [3.63, 3.8) is 0 Å². The molecule has 6 heteroatoms. The molecule has 1 fully saturated rings. The Balaban J connectivity index is 1.85. The lowest BCUT2D eigenvalue weighted by Gasteiger charge is -2.42. The molecule has 2 aliphatic rings. The number of nitrogens with zero attached hydrogens (tertiary/aromatic N) is 1. The molecule has 118 valence electrons. The van der Waals surface area contributed by atoms with Gasteiger partial charge in [0.25, 0.3) is 0 Å². The van der Waals surface area contributed by atoms with E-state index in [1.54, 1.807) is 7.11 Å². The van der Waals surface area contributed by atoms with Gasteiger partial charge in [-0.1, -0.05) is 0 Å². The maximum Gasteiger partial charge on any atom is 0.229 e. The van der Waals surface area contributed by atoms with Gasteiger partial charge in [-0.25, -0.2) is 0 Å². The second kappa shape index (κ2) is 5.19. The first-order valence-corrected chi connectivity index (χ1v) is 7.37. The van der Waals surface area contributed by atoms with E-state index in [4.69, 9.17) is 9.47 Å². The van der Waals surface area contributed by atoms with Crippen LogP contribution in [0.15, 0.2) is 18.2 Å². The zero-order valence-electron chi connectivity index (χ0n) is 13.0. The quantitative estimate of drug-likeness (QED) is 0.862. The summed E-state index contributed by atoms with van der Waals surface area (Å²) in [7, 11) is 1.61. The van der Waals surface area contributed by atoms with Crippen LogP contribution in [0.1, 0.15) is 26.7 Å². The van der Waals surface area contributed by atoms with Gasteiger partial charge in [-0.3, -0.25) is 14.5 Å². The predicted molar refractivity (Wildman–Crippen MR) is 81.1 cm³/mol. The van der Waals surface area contributed by atoms with Crippen LogP contribution in [0.2, 0.25) is 0 Å². The summed E-state index contributed by atoms with van der Waals surface area (Å²) in [5.41, 5.74) is 0.271. The van der Waals surface area contributed by atoms with E-state index in [2.05, 4.69) is 5.32 Å². The zero-order chi connectivity index (χ0) is 15.9. The number of methoxy groups -OCH3 is 1. The van der Waals surface area contributed by atoms with E-state index < -0.39 is 5.60 Å². The van der Waals surface area contributed by atoms with Gasteiger partial charge in [0, 0.05) is 18.9 Å². The SMILES string of the molecule is COc1ccc2c(c1)NC(CN1C(=O)CCC1=O)C(C)(C)O2. The Labute approximate surface area is 129 Å². The average molecular weight is 304 g/mol. The number of hydrogen-bond acceptors (Lipinski definition) is 5. The van der Waals surface area contributed by atoms with Crippen LogP contribution in [0.4, 0.5) is 5.69 Å². The van der Waals surface area contributed by atoms with Crippen molar-refractivity contribution in [2.45, 2.75) is 38.3 Å². The van der Waals surface area contributed by atoms with Gasteiger partial charge >= 0.3 is 0 Å². The summed E-state index contributed by atoms with van der Waals surface area (Å²) < 4.78 is 11.3. The number of benzene rings is 1. The number of imide groups is 1. The molecule has 0 bridgehead atoms. The molecule has 2 heterocycles. The van der Waals surface area contributed by atoms with E-state index in [9.17, 15) is 9.59 Å². The highest BCUT2D eigenvalue weighted by atomic mass is 16.5. The normalized spacial score (nSPS) is 22.9. The smallest absolute Gasteiger partial charge is 0.229 e. The van der Waals surface area contributed by atoms with Crippen LogP contribution in [0, 0.1) is 0 Å². The van der Waals surface area contributed by atoms with Gasteiger partial charge in [-0.2, -0.15) is 0 Å². The fraction of sp³-hybridized carbons (Fsp3) is 0.500. The lowest BCUT2D eigenvalue weighted by Crippen LogP contribution is -2.55. The highest BCUT2D eigenvalue weighted by Gasteiger charge is 2.41. The maximum absolute atomic E-state index is 11.8. The summed E-state index contributed by atoms with van der Waals surface area (Å²) in [6.07, 6.45) is 0.606. The Morgan fingerprint density at radius 3 is 2.64 bits per heavy atom. The molecule has 0 aliphatic carbocycles. The van der Waals surface area contributed by atoms with Crippen LogP contribution in [-0.2, 0) is 9.59 Å². The molecule has 1 aromatic rings. The maximum atomic E-state index is 11.8. The van der Waals surface area contributed by atoms with E-state index in [-0.39, 0.29) is 17.9 Å². The fourth-order valence-corrected chi connectivity index (χ4v) is 2.83. The lowest BCUT2D eigenvalue weighted by atomic mass is 9.95. The molecule has 6 nitrogen and oxygen atoms in total. The van der Waals surface area contributed by atoms with Crippen LogP contribution in [0.3, 0.4) is 0 Å². The fourth-order valence-electron chi connectivity index (χ4n) is 2.83. The van der Waals surface area contributed by atoms with Gasteiger partial charge in [0.2, 0.25) is 11.8 Å². The molecule has 2 amide bonds. The minimum Gasteiger partial charge on any atom is -0.497 e. The Morgan fingerprint density at radius 2 is 2.00 bits per heavy atom. The van der Waals surface area contributed by atoms with E-state index >= 15 is 0 Å². The number of ether oxygens (including phenoxy) is 2. The van der Waals surface area contributed by atoms with Gasteiger partial charge in [-0.05, 0) is 26.0 Å². The number of nitrogens with one attached hydrogen (secondary N) is 1. The molecule has 22 heavy (non-hydrogen) atoms. The van der Waals surface area contributed by atoms with Crippen molar-refractivity contribution in [3.05, 3.63) is 18.2 Å². The van der Waals surface area contributed by atoms with Crippen molar-refractivity contribution >= 4 is 17.5 Å². The minimum absolute atomic E-state index is 0.112. The topological polar surface area (TPSA) is 67.9 Å². The molecule has 1 unspecified atom stereocenters. The number of amides is 2. The number of likely N-dealkylation sites (tertiary alicyclic amines) is 1. The Morgan fingerprint density at radius 1 is 1.32 bits per heavy atom. The Kier molecular flexibility index (Phi) is 3.47. The van der Waals surface area contributed by atoms with Gasteiger partial charge in [0.1, 0.15) is 17.1 Å². The number of carbonyl (C=O) groups excluding carboxylic acids is 2. The molecule has 1 atom stereocenters. The monoisotopic (exact) mass is 304 g/mol. The molecule has 1 N–H and O–H groups in total. The number of rotatable bonds is 3. The van der Waals surface area contributed by atoms with Crippen LogP contribution >= 0.6 is 0 Å². The minimum atomic E-state index is -0.537. The number of anilines is 1. The number of hydrogen-bond donors (Lipinski definition) is 1. The van der Waals surface area contributed by atoms with Crippen LogP contribution < -0.4 is 14.8 Å². The molecular weight excluding hydrogens is 284 g/mol. The van der Waals surface area contributed by atoms with Gasteiger partial charge in [-0.15, -0.1) is 0 Å². The van der Waals surface area contributed by atoms with Crippen LogP contribution in [0.25, 0.3) is 0 Å². The third-order valence-electron chi connectivity index (χ3n) is 4.25. The van der Waals surface area contributed by atoms with Crippen molar-refractivity contribution in [3.8, 4) is 11.5 Å². The largest absolute Gasteiger partial charge is 0.497 e. The van der Waals surface area contributed by atoms with E-state index in [0.29, 0.717) is 19.4 Å². The first kappa shape index (κ1) is 14.7. The summed E-state index contributed by atoms with van der Waals surface area (Å²) in [4.78, 5) is 25.0. The average Bonchev–Trinajstić information content (AvgIpc) is 2.79. The summed E-state index contributed by atoms with van der Waals surface area (Å²) >= 11 is 0. The summed E-state index contributed by atoms with van der Waals surface area (Å²) in [5.74, 6) is 1.24. The molecule has 0 spiro atoms. The molecule has 3 rings (SSSR count). The second-order valence-electron chi connectivity index (χ2n) is 6.16. The second-order valence-corrected chi connectivity index (χ2v) is 6.16. The molecule has 0 saturated carbocycles. The highest BCUT2D eigenvalue weighted by molar-refractivity contribution is 6.02.